The van der Waals surface area contributed by atoms with Crippen molar-refractivity contribution in [1.82, 2.24) is 19.4 Å². The highest BCUT2D eigenvalue weighted by atomic mass is 32.1. The Hall–Kier alpha value is -1.44. The Morgan fingerprint density at radius 1 is 1.43 bits per heavy atom. The van der Waals surface area contributed by atoms with E-state index in [1.54, 1.807) is 7.11 Å². The Kier molecular flexibility index (Phi) is 4.23. The van der Waals surface area contributed by atoms with E-state index in [1.807, 2.05) is 12.1 Å². The number of nitrogens with one attached hydrogen (secondary N) is 1. The molecule has 6 nitrogen and oxygen atoms in total. The van der Waals surface area contributed by atoms with Gasteiger partial charge in [-0.05, 0) is 25.2 Å². The minimum atomic E-state index is 0.240. The molecule has 1 aliphatic rings. The fraction of sp³-hybridized carbons (Fsp3) is 0.571. The second-order valence-electron chi connectivity index (χ2n) is 5.29. The summed E-state index contributed by atoms with van der Waals surface area (Å²) in [6.07, 6.45) is 0. The fourth-order valence-corrected chi connectivity index (χ4v) is 3.12. The second kappa shape index (κ2) is 6.13. The average molecular weight is 308 g/mol. The van der Waals surface area contributed by atoms with Crippen molar-refractivity contribution in [3.63, 3.8) is 0 Å². The summed E-state index contributed by atoms with van der Waals surface area (Å²) in [6, 6.07) is 4.03. The molecule has 2 aromatic heterocycles. The van der Waals surface area contributed by atoms with Crippen LogP contribution in [-0.4, -0.2) is 59.4 Å². The van der Waals surface area contributed by atoms with Crippen LogP contribution in [0, 0.1) is 4.77 Å². The Morgan fingerprint density at radius 3 is 2.90 bits per heavy atom. The number of hydrogen-bond acceptors (Lipinski definition) is 5. The van der Waals surface area contributed by atoms with Gasteiger partial charge in [-0.25, -0.2) is 0 Å². The van der Waals surface area contributed by atoms with Crippen molar-refractivity contribution in [2.24, 2.45) is 0 Å². The van der Waals surface area contributed by atoms with Gasteiger partial charge in [0, 0.05) is 31.7 Å². The number of H-pyrrole nitrogens is 1. The molecule has 114 valence electrons. The molecule has 0 radical (unpaired) electrons. The van der Waals surface area contributed by atoms with Crippen LogP contribution in [0.15, 0.2) is 12.1 Å². The van der Waals surface area contributed by atoms with Crippen molar-refractivity contribution < 1.29 is 9.47 Å². The quantitative estimate of drug-likeness (QED) is 0.876. The zero-order valence-electron chi connectivity index (χ0n) is 12.3. The summed E-state index contributed by atoms with van der Waals surface area (Å²) in [5.74, 6) is 0.601. The largest absolute Gasteiger partial charge is 0.481 e. The topological polar surface area (TPSA) is 55.3 Å². The molecule has 7 heteroatoms. The summed E-state index contributed by atoms with van der Waals surface area (Å²) in [6.45, 7) is 6.65. The molecule has 0 aliphatic carbocycles. The first-order valence-corrected chi connectivity index (χ1v) is 7.55. The van der Waals surface area contributed by atoms with Gasteiger partial charge in [0.2, 0.25) is 5.88 Å². The summed E-state index contributed by atoms with van der Waals surface area (Å²) >= 11 is 5.46. The minimum Gasteiger partial charge on any atom is -0.481 e. The molecule has 2 aromatic rings. The lowest BCUT2D eigenvalue weighted by Crippen LogP contribution is -2.39. The number of aromatic amines is 1. The third-order valence-electron chi connectivity index (χ3n) is 3.81. The molecule has 1 aliphatic heterocycles. The zero-order chi connectivity index (χ0) is 14.8. The summed E-state index contributed by atoms with van der Waals surface area (Å²) in [4.78, 5) is 10.1. The van der Waals surface area contributed by atoms with Gasteiger partial charge < -0.3 is 14.5 Å². The van der Waals surface area contributed by atoms with Gasteiger partial charge in [-0.1, -0.05) is 0 Å². The Bertz CT molecular complexity index is 675. The number of nitrogens with zero attached hydrogens (tertiary/aromatic N) is 3. The molecule has 0 bridgehead atoms. The first-order valence-electron chi connectivity index (χ1n) is 7.14. The van der Waals surface area contributed by atoms with E-state index in [2.05, 4.69) is 26.4 Å². The Morgan fingerprint density at radius 2 is 2.19 bits per heavy atom. The Balaban J connectivity index is 1.90. The summed E-state index contributed by atoms with van der Waals surface area (Å²) in [7, 11) is 1.62. The third kappa shape index (κ3) is 2.95. The molecule has 3 heterocycles. The van der Waals surface area contributed by atoms with Crippen LogP contribution in [0.2, 0.25) is 0 Å². The molecule has 0 spiro atoms. The highest BCUT2D eigenvalue weighted by Crippen LogP contribution is 2.21. The van der Waals surface area contributed by atoms with Crippen LogP contribution in [-0.2, 0) is 4.74 Å². The van der Waals surface area contributed by atoms with Crippen LogP contribution < -0.4 is 4.74 Å². The summed E-state index contributed by atoms with van der Waals surface area (Å²) < 4.78 is 13.4. The van der Waals surface area contributed by atoms with Gasteiger partial charge in [0.15, 0.2) is 10.4 Å². The van der Waals surface area contributed by atoms with Gasteiger partial charge in [0.1, 0.15) is 0 Å². The van der Waals surface area contributed by atoms with E-state index < -0.39 is 0 Å². The lowest BCUT2D eigenvalue weighted by atomic mass is 10.3. The number of pyridine rings is 1. The SMILES string of the molecule is COc1ccc2[nH]c(=S)n(C(C)CN3CCOCC3)c2n1. The molecule has 1 saturated heterocycles. The molecule has 0 saturated carbocycles. The first kappa shape index (κ1) is 14.5. The average Bonchev–Trinajstić information content (AvgIpc) is 2.83. The number of morpholine rings is 1. The van der Waals surface area contributed by atoms with Gasteiger partial charge in [-0.2, -0.15) is 4.98 Å². The van der Waals surface area contributed by atoms with Gasteiger partial charge in [-0.15, -0.1) is 0 Å². The van der Waals surface area contributed by atoms with Crippen LogP contribution >= 0.6 is 12.2 Å². The van der Waals surface area contributed by atoms with Crippen LogP contribution in [0.1, 0.15) is 13.0 Å². The monoisotopic (exact) mass is 308 g/mol. The first-order chi connectivity index (χ1) is 10.2. The highest BCUT2D eigenvalue weighted by molar-refractivity contribution is 7.71. The lowest BCUT2D eigenvalue weighted by molar-refractivity contribution is 0.0327. The number of methoxy groups -OCH3 is 1. The van der Waals surface area contributed by atoms with E-state index in [9.17, 15) is 0 Å². The summed E-state index contributed by atoms with van der Waals surface area (Å²) in [5, 5.41) is 0. The molecule has 3 rings (SSSR count). The maximum Gasteiger partial charge on any atom is 0.215 e. The van der Waals surface area contributed by atoms with E-state index in [-0.39, 0.29) is 6.04 Å². The molecule has 1 atom stereocenters. The van der Waals surface area contributed by atoms with Gasteiger partial charge in [0.25, 0.3) is 0 Å². The molecule has 21 heavy (non-hydrogen) atoms. The molecular weight excluding hydrogens is 288 g/mol. The Labute approximate surface area is 128 Å². The second-order valence-corrected chi connectivity index (χ2v) is 5.67. The van der Waals surface area contributed by atoms with E-state index in [0.717, 1.165) is 44.0 Å². The van der Waals surface area contributed by atoms with Crippen molar-refractivity contribution in [2.45, 2.75) is 13.0 Å². The highest BCUT2D eigenvalue weighted by Gasteiger charge is 2.18. The van der Waals surface area contributed by atoms with E-state index in [1.165, 1.54) is 0 Å². The maximum absolute atomic E-state index is 5.46. The number of fused-ring (bicyclic) bond motifs is 1. The van der Waals surface area contributed by atoms with Crippen molar-refractivity contribution in [2.75, 3.05) is 40.0 Å². The number of aromatic nitrogens is 3. The van der Waals surface area contributed by atoms with Crippen LogP contribution in [0.4, 0.5) is 0 Å². The van der Waals surface area contributed by atoms with Crippen molar-refractivity contribution >= 4 is 23.4 Å². The number of ether oxygens (including phenoxy) is 2. The zero-order valence-corrected chi connectivity index (χ0v) is 13.2. The smallest absolute Gasteiger partial charge is 0.215 e. The van der Waals surface area contributed by atoms with Crippen LogP contribution in [0.25, 0.3) is 11.2 Å². The van der Waals surface area contributed by atoms with Gasteiger partial charge in [0.05, 0.1) is 25.8 Å². The molecule has 0 aromatic carbocycles. The summed E-state index contributed by atoms with van der Waals surface area (Å²) in [5.41, 5.74) is 1.79. The van der Waals surface area contributed by atoms with Crippen LogP contribution in [0.5, 0.6) is 5.88 Å². The van der Waals surface area contributed by atoms with E-state index in [0.29, 0.717) is 10.7 Å². The minimum absolute atomic E-state index is 0.240. The molecule has 1 unspecified atom stereocenters. The molecule has 1 fully saturated rings. The standard InChI is InChI=1S/C14H20N4O2S/c1-10(9-17-5-7-20-8-6-17)18-13-11(15-14(18)21)3-4-12(16-13)19-2/h3-4,10H,5-9H2,1-2H3,(H,15,21). The number of imidazole rings is 1. The normalized spacial score (nSPS) is 18.0. The van der Waals surface area contributed by atoms with Crippen molar-refractivity contribution in [3.8, 4) is 5.88 Å². The predicted molar refractivity (Wildman–Crippen MR) is 83.4 cm³/mol. The molecule has 0 amide bonds. The van der Waals surface area contributed by atoms with Gasteiger partial charge in [-0.3, -0.25) is 9.47 Å². The molecular formula is C14H20N4O2S. The predicted octanol–water partition coefficient (Wildman–Crippen LogP) is 2.00. The number of hydrogen-bond donors (Lipinski definition) is 1. The third-order valence-corrected chi connectivity index (χ3v) is 4.11. The maximum atomic E-state index is 5.46. The number of rotatable bonds is 4. The van der Waals surface area contributed by atoms with Gasteiger partial charge >= 0.3 is 0 Å². The lowest BCUT2D eigenvalue weighted by Gasteiger charge is -2.29. The van der Waals surface area contributed by atoms with E-state index in [4.69, 9.17) is 21.7 Å². The molecule has 1 N–H and O–H groups in total. The van der Waals surface area contributed by atoms with Crippen molar-refractivity contribution in [1.29, 1.82) is 0 Å². The van der Waals surface area contributed by atoms with E-state index >= 15 is 0 Å². The fourth-order valence-electron chi connectivity index (χ4n) is 2.75. The van der Waals surface area contributed by atoms with Crippen molar-refractivity contribution in [3.05, 3.63) is 16.9 Å². The van der Waals surface area contributed by atoms with Crippen LogP contribution in [0.3, 0.4) is 0 Å².